The SMILES string of the molecule is CC=Cc1ccnc(CCl)c1. The molecule has 2 heteroatoms. The Kier molecular flexibility index (Phi) is 3.12. The van der Waals surface area contributed by atoms with Crippen LogP contribution in [0.5, 0.6) is 0 Å². The molecule has 0 N–H and O–H groups in total. The molecule has 0 aromatic carbocycles. The fraction of sp³-hybridized carbons (Fsp3) is 0.222. The van der Waals surface area contributed by atoms with Crippen molar-refractivity contribution in [2.24, 2.45) is 0 Å². The van der Waals surface area contributed by atoms with E-state index < -0.39 is 0 Å². The molecule has 0 amide bonds. The second-order valence-corrected chi connectivity index (χ2v) is 2.48. The highest BCUT2D eigenvalue weighted by Crippen LogP contribution is 2.05. The van der Waals surface area contributed by atoms with Crippen molar-refractivity contribution < 1.29 is 0 Å². The molecule has 1 aromatic heterocycles. The summed E-state index contributed by atoms with van der Waals surface area (Å²) in [6.45, 7) is 1.99. The molecule has 1 heterocycles. The first-order valence-electron chi connectivity index (χ1n) is 3.50. The molecular formula is C9H10ClN. The van der Waals surface area contributed by atoms with Crippen LogP contribution in [0.2, 0.25) is 0 Å². The molecule has 0 aliphatic heterocycles. The van der Waals surface area contributed by atoms with Crippen LogP contribution in [0.1, 0.15) is 18.2 Å². The first kappa shape index (κ1) is 8.28. The van der Waals surface area contributed by atoms with Gasteiger partial charge in [-0.1, -0.05) is 12.2 Å². The molecule has 1 rings (SSSR count). The molecule has 58 valence electrons. The summed E-state index contributed by atoms with van der Waals surface area (Å²) in [7, 11) is 0. The number of halogens is 1. The van der Waals surface area contributed by atoms with Crippen LogP contribution in [0.4, 0.5) is 0 Å². The number of allylic oxidation sites excluding steroid dienone is 1. The van der Waals surface area contributed by atoms with Crippen molar-refractivity contribution in [3.63, 3.8) is 0 Å². The lowest BCUT2D eigenvalue weighted by atomic mass is 10.2. The summed E-state index contributed by atoms with van der Waals surface area (Å²) < 4.78 is 0. The van der Waals surface area contributed by atoms with Crippen LogP contribution in [0.3, 0.4) is 0 Å². The van der Waals surface area contributed by atoms with E-state index in [4.69, 9.17) is 11.6 Å². The van der Waals surface area contributed by atoms with E-state index in [2.05, 4.69) is 4.98 Å². The van der Waals surface area contributed by atoms with Gasteiger partial charge in [-0.15, -0.1) is 11.6 Å². The predicted molar refractivity (Wildman–Crippen MR) is 48.5 cm³/mol. The molecule has 0 saturated carbocycles. The molecule has 0 aliphatic carbocycles. The monoisotopic (exact) mass is 167 g/mol. The zero-order valence-electron chi connectivity index (χ0n) is 6.42. The topological polar surface area (TPSA) is 12.9 Å². The van der Waals surface area contributed by atoms with Gasteiger partial charge in [0.1, 0.15) is 0 Å². The van der Waals surface area contributed by atoms with Crippen molar-refractivity contribution in [2.45, 2.75) is 12.8 Å². The van der Waals surface area contributed by atoms with E-state index in [0.717, 1.165) is 11.3 Å². The van der Waals surface area contributed by atoms with E-state index in [-0.39, 0.29) is 0 Å². The number of rotatable bonds is 2. The average molecular weight is 168 g/mol. The number of hydrogen-bond donors (Lipinski definition) is 0. The highest BCUT2D eigenvalue weighted by Gasteiger charge is 1.90. The maximum Gasteiger partial charge on any atom is 0.0647 e. The number of alkyl halides is 1. The van der Waals surface area contributed by atoms with Crippen LogP contribution < -0.4 is 0 Å². The maximum absolute atomic E-state index is 5.61. The van der Waals surface area contributed by atoms with Crippen LogP contribution >= 0.6 is 11.6 Å². The van der Waals surface area contributed by atoms with Gasteiger partial charge < -0.3 is 0 Å². The Morgan fingerprint density at radius 2 is 2.45 bits per heavy atom. The number of hydrogen-bond acceptors (Lipinski definition) is 1. The summed E-state index contributed by atoms with van der Waals surface area (Å²) in [5, 5.41) is 0. The van der Waals surface area contributed by atoms with Crippen LogP contribution in [0, 0.1) is 0 Å². The van der Waals surface area contributed by atoms with Gasteiger partial charge in [-0.3, -0.25) is 4.98 Å². The molecule has 0 spiro atoms. The molecule has 0 aliphatic rings. The second-order valence-electron chi connectivity index (χ2n) is 2.21. The lowest BCUT2D eigenvalue weighted by molar-refractivity contribution is 1.17. The zero-order chi connectivity index (χ0) is 8.10. The van der Waals surface area contributed by atoms with E-state index in [1.54, 1.807) is 6.20 Å². The minimum absolute atomic E-state index is 0.478. The summed E-state index contributed by atoms with van der Waals surface area (Å²) in [5.74, 6) is 0.478. The third-order valence-corrected chi connectivity index (χ3v) is 1.61. The molecule has 0 fully saturated rings. The Labute approximate surface area is 71.7 Å². The fourth-order valence-electron chi connectivity index (χ4n) is 0.866. The van der Waals surface area contributed by atoms with E-state index >= 15 is 0 Å². The van der Waals surface area contributed by atoms with Crippen molar-refractivity contribution in [2.75, 3.05) is 0 Å². The third kappa shape index (κ3) is 2.35. The number of aromatic nitrogens is 1. The van der Waals surface area contributed by atoms with Crippen molar-refractivity contribution >= 4 is 17.7 Å². The van der Waals surface area contributed by atoms with Crippen LogP contribution in [-0.2, 0) is 5.88 Å². The molecule has 1 aromatic rings. The van der Waals surface area contributed by atoms with Gasteiger partial charge in [0.25, 0.3) is 0 Å². The standard InChI is InChI=1S/C9H10ClN/c1-2-3-8-4-5-11-9(6-8)7-10/h2-6H,7H2,1H3. The third-order valence-electron chi connectivity index (χ3n) is 1.34. The lowest BCUT2D eigenvalue weighted by Crippen LogP contribution is -1.84. The van der Waals surface area contributed by atoms with Gasteiger partial charge in [0.15, 0.2) is 0 Å². The summed E-state index contributed by atoms with van der Waals surface area (Å²) in [4.78, 5) is 4.07. The van der Waals surface area contributed by atoms with Crippen molar-refractivity contribution in [3.8, 4) is 0 Å². The molecule has 0 bridgehead atoms. The largest absolute Gasteiger partial charge is 0.260 e. The Bertz CT molecular complexity index is 255. The molecule has 11 heavy (non-hydrogen) atoms. The zero-order valence-corrected chi connectivity index (χ0v) is 7.17. The van der Waals surface area contributed by atoms with Crippen molar-refractivity contribution in [1.29, 1.82) is 0 Å². The summed E-state index contributed by atoms with van der Waals surface area (Å²) in [5.41, 5.74) is 2.07. The Morgan fingerprint density at radius 1 is 1.64 bits per heavy atom. The van der Waals surface area contributed by atoms with Gasteiger partial charge in [0.2, 0.25) is 0 Å². The smallest absolute Gasteiger partial charge is 0.0647 e. The number of pyridine rings is 1. The minimum Gasteiger partial charge on any atom is -0.260 e. The Balaban J connectivity index is 2.91. The van der Waals surface area contributed by atoms with E-state index in [0.29, 0.717) is 5.88 Å². The van der Waals surface area contributed by atoms with Gasteiger partial charge in [0.05, 0.1) is 11.6 Å². The molecular weight excluding hydrogens is 158 g/mol. The van der Waals surface area contributed by atoms with E-state index in [1.165, 1.54) is 0 Å². The normalized spacial score (nSPS) is 10.7. The lowest BCUT2D eigenvalue weighted by Gasteiger charge is -1.95. The molecule has 0 unspecified atom stereocenters. The van der Waals surface area contributed by atoms with Gasteiger partial charge >= 0.3 is 0 Å². The quantitative estimate of drug-likeness (QED) is 0.618. The fourth-order valence-corrected chi connectivity index (χ4v) is 1.01. The highest BCUT2D eigenvalue weighted by atomic mass is 35.5. The van der Waals surface area contributed by atoms with Crippen molar-refractivity contribution in [1.82, 2.24) is 4.98 Å². The van der Waals surface area contributed by atoms with Crippen LogP contribution in [-0.4, -0.2) is 4.98 Å². The highest BCUT2D eigenvalue weighted by molar-refractivity contribution is 6.16. The Hall–Kier alpha value is -0.820. The minimum atomic E-state index is 0.478. The Morgan fingerprint density at radius 3 is 3.09 bits per heavy atom. The van der Waals surface area contributed by atoms with Crippen LogP contribution in [0.25, 0.3) is 6.08 Å². The van der Waals surface area contributed by atoms with Crippen LogP contribution in [0.15, 0.2) is 24.4 Å². The maximum atomic E-state index is 5.61. The van der Waals surface area contributed by atoms with Gasteiger partial charge in [0, 0.05) is 6.20 Å². The van der Waals surface area contributed by atoms with Gasteiger partial charge in [-0.25, -0.2) is 0 Å². The second kappa shape index (κ2) is 4.14. The predicted octanol–water partition coefficient (Wildman–Crippen LogP) is 2.85. The molecule has 1 nitrogen and oxygen atoms in total. The van der Waals surface area contributed by atoms with E-state index in [9.17, 15) is 0 Å². The first-order valence-corrected chi connectivity index (χ1v) is 4.04. The summed E-state index contributed by atoms with van der Waals surface area (Å²) >= 11 is 5.61. The summed E-state index contributed by atoms with van der Waals surface area (Å²) in [6.07, 6.45) is 5.79. The molecule has 0 saturated heterocycles. The van der Waals surface area contributed by atoms with E-state index in [1.807, 2.05) is 31.2 Å². The van der Waals surface area contributed by atoms with Gasteiger partial charge in [-0.2, -0.15) is 0 Å². The van der Waals surface area contributed by atoms with Gasteiger partial charge in [-0.05, 0) is 24.6 Å². The van der Waals surface area contributed by atoms with Crippen molar-refractivity contribution in [3.05, 3.63) is 35.7 Å². The summed E-state index contributed by atoms with van der Waals surface area (Å²) in [6, 6.07) is 3.93. The molecule has 0 radical (unpaired) electrons. The number of nitrogens with zero attached hydrogens (tertiary/aromatic N) is 1. The average Bonchev–Trinajstić information content (AvgIpc) is 2.06. The molecule has 0 atom stereocenters. The first-order chi connectivity index (χ1) is 5.36.